The second-order valence-corrected chi connectivity index (χ2v) is 7.99. The maximum Gasteiger partial charge on any atom is 0.416 e. The number of benzene rings is 2. The lowest BCUT2D eigenvalue weighted by molar-refractivity contribution is -0.136. The summed E-state index contributed by atoms with van der Waals surface area (Å²) in [6.45, 7) is 4.51. The van der Waals surface area contributed by atoms with Gasteiger partial charge in [-0.1, -0.05) is 67.6 Å². The number of hydrogen-bond acceptors (Lipinski definition) is 5. The quantitative estimate of drug-likeness (QED) is 0.664. The molecule has 0 aliphatic carbocycles. The molecule has 3 rings (SSSR count). The number of ether oxygens (including phenoxy) is 1. The first-order chi connectivity index (χ1) is 14.5. The van der Waals surface area contributed by atoms with Crippen LogP contribution in [0, 0.1) is 5.92 Å². The topological polar surface area (TPSA) is 78.9 Å². The number of carbonyl (C=O) groups is 2. The molecule has 1 aliphatic heterocycles. The average Bonchev–Trinajstić information content (AvgIpc) is 3.12. The molecular formula is C24H30N2O4. The van der Waals surface area contributed by atoms with Crippen LogP contribution >= 0.6 is 0 Å². The number of imide groups is 1. The second kappa shape index (κ2) is 10.4. The maximum atomic E-state index is 13.0. The Hall–Kier alpha value is -2.70. The van der Waals surface area contributed by atoms with Crippen molar-refractivity contribution in [3.63, 3.8) is 0 Å². The molecule has 0 radical (unpaired) electrons. The van der Waals surface area contributed by atoms with E-state index >= 15 is 0 Å². The van der Waals surface area contributed by atoms with Crippen molar-refractivity contribution in [2.24, 2.45) is 5.92 Å². The molecule has 2 aromatic carbocycles. The van der Waals surface area contributed by atoms with Crippen LogP contribution in [0.1, 0.15) is 31.4 Å². The number of hydrogen-bond donors (Lipinski definition) is 2. The van der Waals surface area contributed by atoms with Crippen molar-refractivity contribution in [2.75, 3.05) is 6.61 Å². The van der Waals surface area contributed by atoms with Gasteiger partial charge in [0.2, 0.25) is 5.91 Å². The third-order valence-electron chi connectivity index (χ3n) is 5.57. The molecule has 2 amide bonds. The van der Waals surface area contributed by atoms with Gasteiger partial charge in [0.05, 0.1) is 18.1 Å². The van der Waals surface area contributed by atoms with Gasteiger partial charge in [0.1, 0.15) is 6.61 Å². The van der Waals surface area contributed by atoms with Crippen LogP contribution in [0.5, 0.6) is 0 Å². The Labute approximate surface area is 177 Å². The Morgan fingerprint density at radius 3 is 2.33 bits per heavy atom. The Kier molecular flexibility index (Phi) is 7.60. The molecule has 0 saturated carbocycles. The summed E-state index contributed by atoms with van der Waals surface area (Å²) >= 11 is 0. The zero-order valence-electron chi connectivity index (χ0n) is 17.5. The highest BCUT2D eigenvalue weighted by molar-refractivity contribution is 5.95. The molecule has 2 N–H and O–H groups in total. The van der Waals surface area contributed by atoms with Gasteiger partial charge < -0.3 is 15.2 Å². The van der Waals surface area contributed by atoms with E-state index in [0.717, 1.165) is 11.1 Å². The molecule has 0 aromatic heterocycles. The molecule has 0 bridgehead atoms. The number of rotatable bonds is 9. The number of nitrogens with one attached hydrogen (secondary N) is 1. The summed E-state index contributed by atoms with van der Waals surface area (Å²) < 4.78 is 5.14. The third-order valence-corrected chi connectivity index (χ3v) is 5.57. The summed E-state index contributed by atoms with van der Waals surface area (Å²) in [6.07, 6.45) is -0.543. The normalized spacial score (nSPS) is 19.2. The first kappa shape index (κ1) is 22.0. The van der Waals surface area contributed by atoms with Crippen LogP contribution in [-0.2, 0) is 22.5 Å². The molecule has 30 heavy (non-hydrogen) atoms. The van der Waals surface area contributed by atoms with E-state index in [4.69, 9.17) is 4.74 Å². The Morgan fingerprint density at radius 2 is 1.70 bits per heavy atom. The minimum atomic E-state index is -0.860. The summed E-state index contributed by atoms with van der Waals surface area (Å²) in [4.78, 5) is 26.4. The fourth-order valence-electron chi connectivity index (χ4n) is 3.69. The SMILES string of the molecule is CC(C[C@@H](O)[C@H](C)C(=O)N1C(=O)OC[C@@H]1Cc1ccccc1)NCc1ccccc1. The van der Waals surface area contributed by atoms with Crippen molar-refractivity contribution in [2.45, 2.75) is 51.4 Å². The molecular weight excluding hydrogens is 380 g/mol. The van der Waals surface area contributed by atoms with E-state index in [0.29, 0.717) is 19.4 Å². The molecule has 6 nitrogen and oxygen atoms in total. The van der Waals surface area contributed by atoms with Crippen LogP contribution in [0.25, 0.3) is 0 Å². The fourth-order valence-corrected chi connectivity index (χ4v) is 3.69. The lowest BCUT2D eigenvalue weighted by atomic mass is 9.96. The smallest absolute Gasteiger partial charge is 0.416 e. The van der Waals surface area contributed by atoms with Gasteiger partial charge in [-0.2, -0.15) is 0 Å². The minimum Gasteiger partial charge on any atom is -0.447 e. The van der Waals surface area contributed by atoms with E-state index in [1.54, 1.807) is 6.92 Å². The van der Waals surface area contributed by atoms with Gasteiger partial charge in [-0.3, -0.25) is 4.79 Å². The van der Waals surface area contributed by atoms with E-state index in [-0.39, 0.29) is 24.6 Å². The van der Waals surface area contributed by atoms with Crippen molar-refractivity contribution in [1.29, 1.82) is 0 Å². The predicted octanol–water partition coefficient (Wildman–Crippen LogP) is 3.14. The Morgan fingerprint density at radius 1 is 1.10 bits per heavy atom. The van der Waals surface area contributed by atoms with Gasteiger partial charge in [0, 0.05) is 12.6 Å². The average molecular weight is 411 g/mol. The molecule has 1 saturated heterocycles. The van der Waals surface area contributed by atoms with Crippen molar-refractivity contribution >= 4 is 12.0 Å². The van der Waals surface area contributed by atoms with Gasteiger partial charge in [-0.25, -0.2) is 9.69 Å². The van der Waals surface area contributed by atoms with E-state index in [2.05, 4.69) is 5.32 Å². The molecule has 1 aliphatic rings. The largest absolute Gasteiger partial charge is 0.447 e. The summed E-state index contributed by atoms with van der Waals surface area (Å²) in [5, 5.41) is 14.0. The van der Waals surface area contributed by atoms with Gasteiger partial charge in [0.25, 0.3) is 0 Å². The molecule has 2 aromatic rings. The highest BCUT2D eigenvalue weighted by Gasteiger charge is 2.41. The van der Waals surface area contributed by atoms with E-state index in [1.165, 1.54) is 4.90 Å². The number of nitrogens with zero attached hydrogens (tertiary/aromatic N) is 1. The molecule has 0 spiro atoms. The first-order valence-electron chi connectivity index (χ1n) is 10.4. The lowest BCUT2D eigenvalue weighted by Gasteiger charge is -2.27. The molecule has 6 heteroatoms. The first-order valence-corrected chi connectivity index (χ1v) is 10.4. The highest BCUT2D eigenvalue weighted by atomic mass is 16.6. The molecule has 4 atom stereocenters. The summed E-state index contributed by atoms with van der Waals surface area (Å²) in [5.74, 6) is -1.09. The van der Waals surface area contributed by atoms with Crippen LogP contribution < -0.4 is 5.32 Å². The monoisotopic (exact) mass is 410 g/mol. The number of amides is 2. The lowest BCUT2D eigenvalue weighted by Crippen LogP contribution is -2.46. The summed E-state index contributed by atoms with van der Waals surface area (Å²) in [5.41, 5.74) is 2.19. The number of aliphatic hydroxyl groups is 1. The number of carbonyl (C=O) groups excluding carboxylic acids is 2. The van der Waals surface area contributed by atoms with Gasteiger partial charge in [0.15, 0.2) is 0 Å². The van der Waals surface area contributed by atoms with Crippen LogP contribution in [0.4, 0.5) is 4.79 Å². The van der Waals surface area contributed by atoms with Crippen molar-refractivity contribution in [1.82, 2.24) is 10.2 Å². The van der Waals surface area contributed by atoms with Crippen LogP contribution in [-0.4, -0.2) is 46.8 Å². The Bertz CT molecular complexity index is 828. The molecule has 1 unspecified atom stereocenters. The van der Waals surface area contributed by atoms with Gasteiger partial charge in [-0.05, 0) is 30.9 Å². The van der Waals surface area contributed by atoms with E-state index in [1.807, 2.05) is 67.6 Å². The van der Waals surface area contributed by atoms with E-state index in [9.17, 15) is 14.7 Å². The maximum absolute atomic E-state index is 13.0. The van der Waals surface area contributed by atoms with E-state index < -0.39 is 18.1 Å². The summed E-state index contributed by atoms with van der Waals surface area (Å²) in [7, 11) is 0. The second-order valence-electron chi connectivity index (χ2n) is 7.99. The standard InChI is InChI=1S/C24H30N2O4/c1-17(25-15-20-11-7-4-8-12-20)13-22(27)18(2)23(28)26-21(16-30-24(26)29)14-19-9-5-3-6-10-19/h3-12,17-18,21-22,25,27H,13-16H2,1-2H3/t17?,18-,21-,22+/m0/s1. The third kappa shape index (κ3) is 5.68. The number of cyclic esters (lactones) is 1. The Balaban J connectivity index is 1.55. The van der Waals surface area contributed by atoms with Crippen LogP contribution in [0.3, 0.4) is 0 Å². The molecule has 1 heterocycles. The van der Waals surface area contributed by atoms with Crippen molar-refractivity contribution < 1.29 is 19.4 Å². The van der Waals surface area contributed by atoms with Crippen molar-refractivity contribution in [3.8, 4) is 0 Å². The summed E-state index contributed by atoms with van der Waals surface area (Å²) in [6, 6.07) is 19.4. The fraction of sp³-hybridized carbons (Fsp3) is 0.417. The zero-order chi connectivity index (χ0) is 21.5. The zero-order valence-corrected chi connectivity index (χ0v) is 17.5. The van der Waals surface area contributed by atoms with Crippen LogP contribution in [0.2, 0.25) is 0 Å². The number of aliphatic hydroxyl groups excluding tert-OH is 1. The predicted molar refractivity (Wildman–Crippen MR) is 115 cm³/mol. The molecule has 1 fully saturated rings. The van der Waals surface area contributed by atoms with Crippen molar-refractivity contribution in [3.05, 3.63) is 71.8 Å². The highest BCUT2D eigenvalue weighted by Crippen LogP contribution is 2.22. The minimum absolute atomic E-state index is 0.0149. The van der Waals surface area contributed by atoms with Crippen LogP contribution in [0.15, 0.2) is 60.7 Å². The van der Waals surface area contributed by atoms with Gasteiger partial charge in [-0.15, -0.1) is 0 Å². The van der Waals surface area contributed by atoms with Gasteiger partial charge >= 0.3 is 6.09 Å². The molecule has 160 valence electrons.